The monoisotopic (exact) mass is 888 g/mol. The van der Waals surface area contributed by atoms with Crippen LogP contribution in [-0.4, -0.2) is 56.9 Å². The number of para-hydroxylation sites is 4. The molecule has 0 aromatic heterocycles. The lowest BCUT2D eigenvalue weighted by atomic mass is 10.0. The van der Waals surface area contributed by atoms with Crippen LogP contribution in [0.3, 0.4) is 0 Å². The predicted octanol–water partition coefficient (Wildman–Crippen LogP) is 10.8. The molecule has 0 aliphatic carbocycles. The second kappa shape index (κ2) is 22.0. The molecule has 2 atom stereocenters. The molecule has 0 amide bonds. The molecule has 8 rings (SSSR count). The van der Waals surface area contributed by atoms with E-state index in [0.717, 1.165) is 68.0 Å². The molecule has 6 aromatic carbocycles. The van der Waals surface area contributed by atoms with E-state index < -0.39 is 0 Å². The molecule has 12 nitrogen and oxygen atoms in total. The number of hydrazine groups is 2. The zero-order chi connectivity index (χ0) is 46.4. The van der Waals surface area contributed by atoms with Crippen molar-refractivity contribution < 1.29 is 37.9 Å². The lowest BCUT2D eigenvalue weighted by Crippen LogP contribution is -2.34. The topological polar surface area (TPSA) is 104 Å². The minimum Gasteiger partial charge on any atom is -0.497 e. The van der Waals surface area contributed by atoms with E-state index in [9.17, 15) is 0 Å². The van der Waals surface area contributed by atoms with E-state index in [4.69, 9.17) is 37.9 Å². The number of rotatable bonds is 16. The second-order valence-corrected chi connectivity index (χ2v) is 14.8. The molecule has 0 saturated carbocycles. The van der Waals surface area contributed by atoms with Crippen molar-refractivity contribution in [1.82, 2.24) is 10.9 Å². The summed E-state index contributed by atoms with van der Waals surface area (Å²) in [5.41, 5.74) is 14.9. The highest BCUT2D eigenvalue weighted by Crippen LogP contribution is 2.42. The Morgan fingerprint density at radius 2 is 0.864 bits per heavy atom. The lowest BCUT2D eigenvalue weighted by molar-refractivity contribution is 0.350. The van der Waals surface area contributed by atoms with E-state index in [-0.39, 0.29) is 12.1 Å². The predicted molar refractivity (Wildman–Crippen MR) is 262 cm³/mol. The van der Waals surface area contributed by atoms with Crippen molar-refractivity contribution in [2.45, 2.75) is 12.1 Å². The minimum atomic E-state index is -0.107. The van der Waals surface area contributed by atoms with Gasteiger partial charge in [0.1, 0.15) is 23.0 Å². The van der Waals surface area contributed by atoms with E-state index in [1.807, 2.05) is 127 Å². The molecule has 0 spiro atoms. The highest BCUT2D eigenvalue weighted by atomic mass is 16.5. The zero-order valence-electron chi connectivity index (χ0n) is 38.5. The average Bonchev–Trinajstić information content (AvgIpc) is 4.02. The van der Waals surface area contributed by atoms with Gasteiger partial charge in [-0.05, 0) is 97.1 Å². The molecule has 66 heavy (non-hydrogen) atoms. The molecule has 2 N–H and O–H groups in total. The molecule has 6 aromatic rings. The summed E-state index contributed by atoms with van der Waals surface area (Å²) in [4.78, 5) is 0. The summed E-state index contributed by atoms with van der Waals surface area (Å²) in [5.74, 6) is 5.81. The van der Waals surface area contributed by atoms with Gasteiger partial charge in [-0.3, -0.25) is 20.9 Å². The van der Waals surface area contributed by atoms with Gasteiger partial charge in [0.2, 0.25) is 0 Å². The number of hydrogen-bond acceptors (Lipinski definition) is 12. The molecular weight excluding hydrogens is 833 g/mol. The molecule has 2 aliphatic heterocycles. The molecule has 0 bridgehead atoms. The van der Waals surface area contributed by atoms with Gasteiger partial charge in [0.25, 0.3) is 0 Å². The van der Waals surface area contributed by atoms with Gasteiger partial charge < -0.3 is 37.9 Å². The SMILES string of the molecule is COc1ccc(C=CC2=CC(c3ccc(OC)cc3OC)N(c3ccccc3)N2)c(OC)c1.COc1cccc(C=CC2=CC(c3cccc(OC)c3OC)N(c3ccccc3)N2)c1OC. The van der Waals surface area contributed by atoms with Crippen LogP contribution in [-0.2, 0) is 0 Å². The van der Waals surface area contributed by atoms with Gasteiger partial charge in [0.15, 0.2) is 23.0 Å². The van der Waals surface area contributed by atoms with Crippen LogP contribution in [0.15, 0.2) is 169 Å². The van der Waals surface area contributed by atoms with Crippen molar-refractivity contribution in [3.05, 3.63) is 191 Å². The fraction of sp³-hybridized carbons (Fsp3) is 0.185. The molecule has 2 unspecified atom stereocenters. The summed E-state index contributed by atoms with van der Waals surface area (Å²) in [7, 11) is 13.2. The Bertz CT molecular complexity index is 2690. The third-order valence-corrected chi connectivity index (χ3v) is 11.1. The highest BCUT2D eigenvalue weighted by Gasteiger charge is 2.30. The molecule has 0 saturated heterocycles. The van der Waals surface area contributed by atoms with Crippen LogP contribution in [0, 0.1) is 0 Å². The van der Waals surface area contributed by atoms with Crippen molar-refractivity contribution in [3.63, 3.8) is 0 Å². The van der Waals surface area contributed by atoms with Crippen molar-refractivity contribution >= 4 is 23.5 Å². The van der Waals surface area contributed by atoms with Gasteiger partial charge in [0, 0.05) is 34.4 Å². The molecule has 0 radical (unpaired) electrons. The first-order valence-corrected chi connectivity index (χ1v) is 21.2. The van der Waals surface area contributed by atoms with Crippen LogP contribution in [0.4, 0.5) is 11.4 Å². The van der Waals surface area contributed by atoms with Gasteiger partial charge in [-0.2, -0.15) is 0 Å². The number of nitrogens with zero attached hydrogens (tertiary/aromatic N) is 2. The van der Waals surface area contributed by atoms with Gasteiger partial charge in [0.05, 0.1) is 91.7 Å². The number of methoxy groups -OCH3 is 8. The Morgan fingerprint density at radius 1 is 0.379 bits per heavy atom. The largest absolute Gasteiger partial charge is 0.497 e. The average molecular weight is 889 g/mol. The first-order valence-electron chi connectivity index (χ1n) is 21.2. The maximum Gasteiger partial charge on any atom is 0.167 e. The lowest BCUT2D eigenvalue weighted by Gasteiger charge is -2.28. The number of allylic oxidation sites excluding steroid dienone is 2. The van der Waals surface area contributed by atoms with Gasteiger partial charge in [-0.25, -0.2) is 0 Å². The van der Waals surface area contributed by atoms with Crippen molar-refractivity contribution in [1.29, 1.82) is 0 Å². The van der Waals surface area contributed by atoms with Crippen LogP contribution >= 0.6 is 0 Å². The van der Waals surface area contributed by atoms with Gasteiger partial charge in [-0.15, -0.1) is 0 Å². The Morgan fingerprint density at radius 3 is 1.39 bits per heavy atom. The van der Waals surface area contributed by atoms with Crippen molar-refractivity contribution in [3.8, 4) is 46.0 Å². The fourth-order valence-corrected chi connectivity index (χ4v) is 7.82. The summed E-state index contributed by atoms with van der Waals surface area (Å²) in [6.45, 7) is 0. The van der Waals surface area contributed by atoms with Crippen LogP contribution in [0.25, 0.3) is 12.2 Å². The third-order valence-electron chi connectivity index (χ3n) is 11.1. The van der Waals surface area contributed by atoms with E-state index in [0.29, 0.717) is 23.0 Å². The maximum atomic E-state index is 5.73. The fourth-order valence-electron chi connectivity index (χ4n) is 7.82. The summed E-state index contributed by atoms with van der Waals surface area (Å²) in [6.07, 6.45) is 12.4. The Kier molecular flexibility index (Phi) is 15.3. The van der Waals surface area contributed by atoms with Crippen LogP contribution in [0.2, 0.25) is 0 Å². The van der Waals surface area contributed by atoms with Crippen LogP contribution in [0.1, 0.15) is 34.3 Å². The van der Waals surface area contributed by atoms with E-state index in [1.165, 1.54) is 0 Å². The molecule has 12 heteroatoms. The molecular formula is C54H56N4O8. The normalized spacial score (nSPS) is 15.2. The smallest absolute Gasteiger partial charge is 0.167 e. The van der Waals surface area contributed by atoms with Crippen LogP contribution in [0.5, 0.6) is 46.0 Å². The molecule has 0 fully saturated rings. The number of hydrogen-bond donors (Lipinski definition) is 2. The Balaban J connectivity index is 0.000000196. The molecule has 2 aliphatic rings. The zero-order valence-corrected chi connectivity index (χ0v) is 38.5. The summed E-state index contributed by atoms with van der Waals surface area (Å²) in [6, 6.07) is 43.6. The maximum absolute atomic E-state index is 5.73. The number of benzene rings is 6. The quantitative estimate of drug-likeness (QED) is 0.0967. The first kappa shape index (κ1) is 45.9. The second-order valence-electron chi connectivity index (χ2n) is 14.8. The van der Waals surface area contributed by atoms with E-state index in [1.54, 1.807) is 56.9 Å². The van der Waals surface area contributed by atoms with Crippen molar-refractivity contribution in [2.75, 3.05) is 66.9 Å². The third kappa shape index (κ3) is 10.3. The standard InChI is InChI=1S/2C27H28N2O4/c1-30-24-14-8-10-19(26(24)32-3)16-17-20-18-23(29(28-20)21-11-6-5-7-12-21)22-13-9-15-25(31-2)27(22)33-4;1-30-22-13-11-19(26(17-22)32-3)10-12-20-16-25(29(28-20)21-8-6-5-7-9-21)24-15-14-23(31-2)18-27(24)33-4/h5-18,23,28H,1-4H3;5-18,25,28H,1-4H3. The highest BCUT2D eigenvalue weighted by molar-refractivity contribution is 5.67. The molecule has 2 heterocycles. The molecule has 340 valence electrons. The Hall–Kier alpha value is -8.12. The van der Waals surface area contributed by atoms with Crippen molar-refractivity contribution in [2.24, 2.45) is 0 Å². The van der Waals surface area contributed by atoms with Crippen LogP contribution < -0.4 is 58.8 Å². The summed E-state index contributed by atoms with van der Waals surface area (Å²) >= 11 is 0. The Labute approximate surface area is 387 Å². The summed E-state index contributed by atoms with van der Waals surface area (Å²) in [5, 5.41) is 4.23. The number of nitrogens with one attached hydrogen (secondary N) is 2. The number of anilines is 2. The van der Waals surface area contributed by atoms with E-state index >= 15 is 0 Å². The van der Waals surface area contributed by atoms with Gasteiger partial charge in [-0.1, -0.05) is 60.7 Å². The van der Waals surface area contributed by atoms with Gasteiger partial charge >= 0.3 is 0 Å². The first-order chi connectivity index (χ1) is 32.4. The minimum absolute atomic E-state index is 0.0781. The number of ether oxygens (including phenoxy) is 8. The van der Waals surface area contributed by atoms with E-state index in [2.05, 4.69) is 63.4 Å². The summed E-state index contributed by atoms with van der Waals surface area (Å²) < 4.78 is 44.1.